The summed E-state index contributed by atoms with van der Waals surface area (Å²) in [5.74, 6) is -7.18. The summed E-state index contributed by atoms with van der Waals surface area (Å²) in [5.41, 5.74) is 4.61. The number of para-hydroxylation sites is 4. The van der Waals surface area contributed by atoms with E-state index in [2.05, 4.69) is 164 Å². The van der Waals surface area contributed by atoms with Crippen LogP contribution in [0.2, 0.25) is 0 Å². The Labute approximate surface area is 327 Å². The van der Waals surface area contributed by atoms with E-state index in [-0.39, 0.29) is 17.1 Å². The van der Waals surface area contributed by atoms with Crippen molar-refractivity contribution in [2.24, 2.45) is 0 Å². The fourth-order valence-electron chi connectivity index (χ4n) is 4.03. The molecule has 306 valence electrons. The Morgan fingerprint density at radius 2 is 0.579 bits per heavy atom. The second kappa shape index (κ2) is 22.1. The number of aliphatic carboxylic acids is 4. The molecule has 0 spiro atoms. The number of carboxylic acids is 4. The molecule has 4 aromatic carbocycles. The quantitative estimate of drug-likeness (QED) is 0.102. The molecule has 4 N–H and O–H groups in total. The van der Waals surface area contributed by atoms with Gasteiger partial charge in [-0.15, -0.1) is 0 Å². The van der Waals surface area contributed by atoms with Crippen molar-refractivity contribution in [2.45, 2.75) is 26.2 Å². The van der Waals surface area contributed by atoms with E-state index >= 15 is 0 Å². The van der Waals surface area contributed by atoms with Gasteiger partial charge in [0.2, 0.25) is 0 Å². The summed E-state index contributed by atoms with van der Waals surface area (Å²) in [6.45, 7) is 2.17. The van der Waals surface area contributed by atoms with E-state index in [0.29, 0.717) is 0 Å². The first-order valence-electron chi connectivity index (χ1n) is 15.8. The number of benzene rings is 4. The average molecular weight is 895 g/mol. The van der Waals surface area contributed by atoms with Crippen LogP contribution in [0.4, 0.5) is 26.3 Å². The van der Waals surface area contributed by atoms with Gasteiger partial charge in [0.25, 0.3) is 11.9 Å². The van der Waals surface area contributed by atoms with Crippen LogP contribution >= 0.6 is 0 Å². The molecule has 0 aliphatic carbocycles. The molecule has 6 rings (SSSR count). The third kappa shape index (κ3) is 16.0. The molecule has 2 aromatic heterocycles. The molecule has 0 saturated heterocycles. The molecule has 0 atom stereocenters. The number of alkyl halides is 6. The van der Waals surface area contributed by atoms with Crippen molar-refractivity contribution in [3.63, 3.8) is 0 Å². The first-order chi connectivity index (χ1) is 26.7. The Morgan fingerprint density at radius 3 is 0.719 bits per heavy atom. The summed E-state index contributed by atoms with van der Waals surface area (Å²) >= 11 is 0.102. The fraction of sp³-hybridized carbons (Fsp3) is 0.105. The van der Waals surface area contributed by atoms with Crippen LogP contribution in [0.5, 0.6) is 0 Å². The van der Waals surface area contributed by atoms with Gasteiger partial charge in [-0.25, -0.2) is 9.59 Å². The topological polar surface area (TPSA) is 169 Å². The summed E-state index contributed by atoms with van der Waals surface area (Å²) in [6.07, 6.45) is -1.50. The van der Waals surface area contributed by atoms with Gasteiger partial charge in [0.15, 0.2) is 0 Å². The molecule has 57 heavy (non-hydrogen) atoms. The van der Waals surface area contributed by atoms with Gasteiger partial charge in [0.05, 0.1) is 0 Å². The minimum atomic E-state index is -5.08. The molecule has 0 bridgehead atoms. The molecule has 6 aromatic rings. The SMILES string of the molecule is CC(=O)O.CC(=O)O.O=C(O)C(F)(F)F.O=C(O)C(F)(F)F.c1ccc(-n2ccn(-c3ccccc3)[c]2=[Pd]=[c]2n(-c3ccccc3)ccn2-c2ccccc2)cc1. The van der Waals surface area contributed by atoms with Crippen LogP contribution in [0.15, 0.2) is 146 Å². The fourth-order valence-corrected chi connectivity index (χ4v) is 6.36. The molecular weight excluding hydrogens is 861 g/mol. The van der Waals surface area contributed by atoms with Gasteiger partial charge >= 0.3 is 236 Å². The summed E-state index contributed by atoms with van der Waals surface area (Å²) in [4.78, 5) is 35.8. The number of carboxylic acid groups (broad SMARTS) is 4. The third-order valence-electron chi connectivity index (χ3n) is 6.23. The van der Waals surface area contributed by atoms with Crippen molar-refractivity contribution in [3.05, 3.63) is 154 Å². The Balaban J connectivity index is 0.000000420. The summed E-state index contributed by atoms with van der Waals surface area (Å²) in [5, 5.41) is 29.1. The number of hydrogen-bond donors (Lipinski definition) is 4. The van der Waals surface area contributed by atoms with Crippen LogP contribution in [0, 0.1) is 7.78 Å². The van der Waals surface area contributed by atoms with Gasteiger partial charge in [-0.1, -0.05) is 0 Å². The Bertz CT molecular complexity index is 2060. The zero-order valence-corrected chi connectivity index (χ0v) is 31.2. The molecule has 0 aliphatic heterocycles. The first kappa shape index (κ1) is 46.6. The van der Waals surface area contributed by atoms with Crippen molar-refractivity contribution < 1.29 is 83.0 Å². The van der Waals surface area contributed by atoms with Crippen molar-refractivity contribution in [2.75, 3.05) is 0 Å². The van der Waals surface area contributed by atoms with Crippen molar-refractivity contribution in [1.82, 2.24) is 18.3 Å². The zero-order valence-electron chi connectivity index (χ0n) is 29.7. The van der Waals surface area contributed by atoms with Crippen molar-refractivity contribution >= 4 is 23.9 Å². The normalized spacial score (nSPS) is 10.5. The second-order valence-electron chi connectivity index (χ2n) is 10.6. The molecule has 0 unspecified atom stereocenters. The van der Waals surface area contributed by atoms with E-state index in [1.54, 1.807) is 0 Å². The van der Waals surface area contributed by atoms with Gasteiger partial charge in [-0.2, -0.15) is 26.3 Å². The zero-order chi connectivity index (χ0) is 42.8. The van der Waals surface area contributed by atoms with Gasteiger partial charge in [0, 0.05) is 13.8 Å². The molecular formula is C38H34F6N4O8Pd. The van der Waals surface area contributed by atoms with Gasteiger partial charge < -0.3 is 20.4 Å². The minimum absolute atomic E-state index is 0.102. The van der Waals surface area contributed by atoms with Crippen LogP contribution in [0.3, 0.4) is 0 Å². The number of nitrogens with zero attached hydrogens (tertiary/aromatic N) is 4. The Kier molecular flexibility index (Phi) is 18.1. The molecule has 2 heterocycles. The number of halogens is 6. The van der Waals surface area contributed by atoms with Crippen molar-refractivity contribution in [3.8, 4) is 22.7 Å². The van der Waals surface area contributed by atoms with Crippen LogP contribution < -0.4 is 0 Å². The van der Waals surface area contributed by atoms with Crippen molar-refractivity contribution in [1.29, 1.82) is 0 Å². The molecule has 12 nitrogen and oxygen atoms in total. The standard InChI is InChI=1S/2C15H12N2.2C2HF3O2.2C2H4O2.Pd/c2*1-3-7-14(8-4-1)16-11-12-17(13-16)15-9-5-2-6-10-15;2*3-2(4,5)1(6)7;2*1-2(3)4;/h2*1-12H;2*(H,6,7);2*1H3,(H,3,4);. The summed E-state index contributed by atoms with van der Waals surface area (Å²) < 4.78 is 75.1. The maximum absolute atomic E-state index is 10.6. The monoisotopic (exact) mass is 894 g/mol. The van der Waals surface area contributed by atoms with E-state index in [1.807, 2.05) is 0 Å². The predicted molar refractivity (Wildman–Crippen MR) is 191 cm³/mol. The average Bonchev–Trinajstić information content (AvgIpc) is 3.77. The summed E-state index contributed by atoms with van der Waals surface area (Å²) in [7, 11) is 0. The Hall–Kier alpha value is -6.58. The predicted octanol–water partition coefficient (Wildman–Crippen LogP) is 8.14. The molecule has 0 radical (unpaired) electrons. The van der Waals surface area contributed by atoms with Gasteiger partial charge in [-0.05, 0) is 0 Å². The van der Waals surface area contributed by atoms with Crippen LogP contribution in [-0.2, 0) is 36.2 Å². The van der Waals surface area contributed by atoms with Gasteiger partial charge in [-0.3, -0.25) is 9.59 Å². The molecule has 19 heteroatoms. The van der Waals surface area contributed by atoms with Crippen LogP contribution in [-0.4, -0.2) is 74.9 Å². The number of aromatic nitrogens is 4. The second-order valence-corrected chi connectivity index (χ2v) is 12.4. The molecule has 0 saturated carbocycles. The number of rotatable bonds is 4. The third-order valence-corrected chi connectivity index (χ3v) is 8.42. The maximum atomic E-state index is 10.6. The molecule has 0 amide bonds. The van der Waals surface area contributed by atoms with Crippen LogP contribution in [0.1, 0.15) is 13.8 Å². The first-order valence-corrected chi connectivity index (χ1v) is 17.3. The molecule has 0 fully saturated rings. The Morgan fingerprint density at radius 1 is 0.421 bits per heavy atom. The number of imidazole rings is 2. The van der Waals surface area contributed by atoms with E-state index < -0.39 is 36.2 Å². The molecule has 0 aliphatic rings. The number of carbonyl (C=O) groups is 4. The van der Waals surface area contributed by atoms with E-state index in [4.69, 9.17) is 39.6 Å². The van der Waals surface area contributed by atoms with E-state index in [0.717, 1.165) is 36.6 Å². The van der Waals surface area contributed by atoms with E-state index in [9.17, 15) is 26.3 Å². The van der Waals surface area contributed by atoms with E-state index in [1.165, 1.54) is 7.78 Å². The number of hydrogen-bond acceptors (Lipinski definition) is 4. The van der Waals surface area contributed by atoms with Gasteiger partial charge in [0.1, 0.15) is 0 Å². The van der Waals surface area contributed by atoms with Crippen LogP contribution in [0.25, 0.3) is 22.7 Å². The summed E-state index contributed by atoms with van der Waals surface area (Å²) in [6, 6.07) is 42.3.